The summed E-state index contributed by atoms with van der Waals surface area (Å²) in [6.45, 7) is 0.194. The van der Waals surface area contributed by atoms with E-state index in [0.717, 1.165) is 0 Å². The van der Waals surface area contributed by atoms with Crippen LogP contribution in [0.15, 0.2) is 18.2 Å². The molecular weight excluding hydrogens is 401 g/mol. The van der Waals surface area contributed by atoms with E-state index in [-0.39, 0.29) is 43.3 Å². The number of carbonyl (C=O) groups excluding carboxylic acids is 2. The lowest BCUT2D eigenvalue weighted by atomic mass is 10.0. The number of benzene rings is 1. The number of nitrogens with one attached hydrogen (secondary N) is 2. The third-order valence-corrected chi connectivity index (χ3v) is 4.20. The minimum Gasteiger partial charge on any atom is -0.479 e. The SMILES string of the molecule is BC(=O)OCc1ccc(OC2CC(O)C(O)C(C(=O)O)O2)c(NC(=O)CCNN)c1. The van der Waals surface area contributed by atoms with Crippen LogP contribution in [0.4, 0.5) is 10.5 Å². The molecule has 2 rings (SSSR count). The third kappa shape index (κ3) is 6.67. The molecule has 4 unspecified atom stereocenters. The number of carboxylic acids is 1. The molecule has 164 valence electrons. The van der Waals surface area contributed by atoms with Gasteiger partial charge in [-0.15, -0.1) is 0 Å². The van der Waals surface area contributed by atoms with Gasteiger partial charge in [0.25, 0.3) is 0 Å². The van der Waals surface area contributed by atoms with Crippen molar-refractivity contribution in [2.24, 2.45) is 5.84 Å². The predicted octanol–water partition coefficient (Wildman–Crippen LogP) is -1.95. The number of amides is 1. The van der Waals surface area contributed by atoms with Crippen molar-refractivity contribution >= 4 is 31.3 Å². The molecule has 1 aromatic rings. The van der Waals surface area contributed by atoms with E-state index < -0.39 is 36.4 Å². The summed E-state index contributed by atoms with van der Waals surface area (Å²) in [5.41, 5.74) is 3.14. The Balaban J connectivity index is 2.20. The van der Waals surface area contributed by atoms with Crippen molar-refractivity contribution in [3.63, 3.8) is 0 Å². The van der Waals surface area contributed by atoms with Crippen LogP contribution in [0.3, 0.4) is 0 Å². The second-order valence-corrected chi connectivity index (χ2v) is 6.60. The lowest BCUT2D eigenvalue weighted by molar-refractivity contribution is -0.228. The van der Waals surface area contributed by atoms with Gasteiger partial charge in [-0.05, 0) is 17.7 Å². The van der Waals surface area contributed by atoms with Gasteiger partial charge < -0.3 is 34.8 Å². The molecule has 30 heavy (non-hydrogen) atoms. The van der Waals surface area contributed by atoms with Gasteiger partial charge in [0, 0.05) is 19.4 Å². The highest BCUT2D eigenvalue weighted by Crippen LogP contribution is 2.31. The Morgan fingerprint density at radius 3 is 2.67 bits per heavy atom. The fraction of sp³-hybridized carbons (Fsp3) is 0.471. The molecule has 0 aliphatic carbocycles. The first kappa shape index (κ1) is 23.6. The number of aliphatic hydroxyl groups is 2. The van der Waals surface area contributed by atoms with E-state index in [1.54, 1.807) is 6.07 Å². The molecule has 1 aromatic carbocycles. The molecule has 0 bridgehead atoms. The average molecular weight is 425 g/mol. The summed E-state index contributed by atoms with van der Waals surface area (Å²) in [4.78, 5) is 34.4. The van der Waals surface area contributed by atoms with Crippen LogP contribution in [0.2, 0.25) is 0 Å². The van der Waals surface area contributed by atoms with Gasteiger partial charge in [0.2, 0.25) is 25.9 Å². The highest BCUT2D eigenvalue weighted by molar-refractivity contribution is 6.55. The lowest BCUT2D eigenvalue weighted by Crippen LogP contribution is -2.53. The van der Waals surface area contributed by atoms with Crippen LogP contribution in [0.25, 0.3) is 0 Å². The number of rotatable bonds is 9. The van der Waals surface area contributed by atoms with Crippen molar-refractivity contribution in [1.29, 1.82) is 0 Å². The number of aliphatic carboxylic acids is 1. The Morgan fingerprint density at radius 1 is 1.30 bits per heavy atom. The van der Waals surface area contributed by atoms with E-state index in [2.05, 4.69) is 10.7 Å². The third-order valence-electron chi connectivity index (χ3n) is 4.20. The second-order valence-electron chi connectivity index (χ2n) is 6.60. The number of ether oxygens (including phenoxy) is 3. The van der Waals surface area contributed by atoms with E-state index in [4.69, 9.17) is 25.2 Å². The normalized spacial score (nSPS) is 23.4. The van der Waals surface area contributed by atoms with E-state index >= 15 is 0 Å². The average Bonchev–Trinajstić information content (AvgIpc) is 2.68. The molecule has 0 radical (unpaired) electrons. The molecule has 0 saturated carbocycles. The molecule has 1 amide bonds. The van der Waals surface area contributed by atoms with Gasteiger partial charge in [0.15, 0.2) is 6.10 Å². The summed E-state index contributed by atoms with van der Waals surface area (Å²) < 4.78 is 15.8. The number of hydrogen-bond donors (Lipinski definition) is 6. The Labute approximate surface area is 172 Å². The first-order valence-corrected chi connectivity index (χ1v) is 9.12. The standard InChI is InChI=1S/C17H24BN3O9/c18-17(27)28-7-8-1-2-11(9(5-8)21-12(23)3-4-20-19)29-13-6-10(22)14(24)15(30-13)16(25)26/h1-2,5,10,13-15,20,22,24H,3-4,6-7,18-19H2,(H,21,23)(H,25,26). The second kappa shape index (κ2) is 10.9. The lowest BCUT2D eigenvalue weighted by Gasteiger charge is -2.35. The fourth-order valence-electron chi connectivity index (χ4n) is 2.71. The van der Waals surface area contributed by atoms with Gasteiger partial charge in [0.05, 0.1) is 11.8 Å². The van der Waals surface area contributed by atoms with Gasteiger partial charge >= 0.3 is 5.97 Å². The number of aliphatic hydroxyl groups excluding tert-OH is 2. The van der Waals surface area contributed by atoms with E-state index in [9.17, 15) is 24.6 Å². The van der Waals surface area contributed by atoms with Crippen molar-refractivity contribution in [3.8, 4) is 5.75 Å². The summed E-state index contributed by atoms with van der Waals surface area (Å²) in [7, 11) is 1.26. The van der Waals surface area contributed by atoms with Crippen LogP contribution >= 0.6 is 0 Å². The van der Waals surface area contributed by atoms with Crippen LogP contribution in [0.1, 0.15) is 18.4 Å². The molecule has 1 fully saturated rings. The molecule has 1 heterocycles. The van der Waals surface area contributed by atoms with Crippen molar-refractivity contribution in [1.82, 2.24) is 5.43 Å². The summed E-state index contributed by atoms with van der Waals surface area (Å²) in [6.07, 6.45) is -5.96. The van der Waals surface area contributed by atoms with Crippen LogP contribution in [-0.4, -0.2) is 72.1 Å². The fourth-order valence-corrected chi connectivity index (χ4v) is 2.71. The molecule has 7 N–H and O–H groups in total. The maximum absolute atomic E-state index is 12.1. The van der Waals surface area contributed by atoms with Crippen molar-refractivity contribution < 1.29 is 43.9 Å². The monoisotopic (exact) mass is 425 g/mol. The van der Waals surface area contributed by atoms with Gasteiger partial charge in [0.1, 0.15) is 18.5 Å². The van der Waals surface area contributed by atoms with Crippen LogP contribution in [0, 0.1) is 0 Å². The number of hydrazine groups is 1. The number of carboxylic acid groups (broad SMARTS) is 1. The summed E-state index contributed by atoms with van der Waals surface area (Å²) in [6, 6.07) is 4.58. The summed E-state index contributed by atoms with van der Waals surface area (Å²) >= 11 is 0. The molecule has 1 aliphatic heterocycles. The van der Waals surface area contributed by atoms with Gasteiger partial charge in [-0.3, -0.25) is 20.9 Å². The Bertz CT molecular complexity index is 779. The Morgan fingerprint density at radius 2 is 2.03 bits per heavy atom. The summed E-state index contributed by atoms with van der Waals surface area (Å²) in [5, 5.41) is 31.4. The first-order valence-electron chi connectivity index (χ1n) is 9.12. The minimum absolute atomic E-state index is 0.0330. The summed E-state index contributed by atoms with van der Waals surface area (Å²) in [5.74, 6) is 2.99. The van der Waals surface area contributed by atoms with Crippen LogP contribution in [-0.2, 0) is 25.7 Å². The Kier molecular flexibility index (Phi) is 8.56. The van der Waals surface area contributed by atoms with Gasteiger partial charge in [-0.2, -0.15) is 0 Å². The van der Waals surface area contributed by atoms with Gasteiger partial charge in [-0.25, -0.2) is 4.79 Å². The quantitative estimate of drug-likeness (QED) is 0.146. The molecular formula is C17H24BN3O9. The zero-order chi connectivity index (χ0) is 22.3. The number of nitrogens with two attached hydrogens (primary N) is 1. The molecule has 0 aromatic heterocycles. The smallest absolute Gasteiger partial charge is 0.335 e. The number of carbonyl (C=O) groups is 3. The predicted molar refractivity (Wildman–Crippen MR) is 104 cm³/mol. The first-order chi connectivity index (χ1) is 14.2. The van der Waals surface area contributed by atoms with Crippen molar-refractivity contribution in [3.05, 3.63) is 23.8 Å². The number of anilines is 1. The molecule has 1 aliphatic rings. The van der Waals surface area contributed by atoms with E-state index in [1.807, 2.05) is 0 Å². The molecule has 0 spiro atoms. The maximum atomic E-state index is 12.1. The minimum atomic E-state index is -1.67. The largest absolute Gasteiger partial charge is 0.479 e. The molecule has 13 heteroatoms. The molecule has 4 atom stereocenters. The number of hydrogen-bond acceptors (Lipinski definition) is 10. The highest BCUT2D eigenvalue weighted by atomic mass is 16.7. The highest BCUT2D eigenvalue weighted by Gasteiger charge is 2.42. The van der Waals surface area contributed by atoms with E-state index in [1.165, 1.54) is 20.0 Å². The van der Waals surface area contributed by atoms with Crippen LogP contribution < -0.4 is 21.3 Å². The maximum Gasteiger partial charge on any atom is 0.335 e. The molecule has 1 saturated heterocycles. The Hall–Kier alpha value is -2.71. The van der Waals surface area contributed by atoms with E-state index in [0.29, 0.717) is 5.56 Å². The van der Waals surface area contributed by atoms with Crippen molar-refractivity contribution in [2.45, 2.75) is 44.1 Å². The molecule has 12 nitrogen and oxygen atoms in total. The van der Waals surface area contributed by atoms with Crippen LogP contribution in [0.5, 0.6) is 5.75 Å². The topological polar surface area (TPSA) is 190 Å². The van der Waals surface area contributed by atoms with Gasteiger partial charge in [-0.1, -0.05) is 6.07 Å². The van der Waals surface area contributed by atoms with Crippen molar-refractivity contribution in [2.75, 3.05) is 11.9 Å². The zero-order valence-corrected chi connectivity index (χ0v) is 16.2. The zero-order valence-electron chi connectivity index (χ0n) is 16.2.